The standard InChI is InChI=1S/C12H19NOS/c1-4-11(10-12(5-2)15-3)13-6-8-14-9-7-13/h4-5,10H,2,6-9H2,1,3H3/b11-4+,12-10+. The molecule has 0 bridgehead atoms. The van der Waals surface area contributed by atoms with Crippen molar-refractivity contribution in [3.63, 3.8) is 0 Å². The molecule has 0 radical (unpaired) electrons. The van der Waals surface area contributed by atoms with Crippen LogP contribution in [0.25, 0.3) is 0 Å². The summed E-state index contributed by atoms with van der Waals surface area (Å²) in [7, 11) is 0. The Balaban J connectivity index is 2.70. The molecule has 0 atom stereocenters. The number of rotatable bonds is 4. The maximum absolute atomic E-state index is 5.34. The van der Waals surface area contributed by atoms with Gasteiger partial charge in [-0.1, -0.05) is 18.7 Å². The second kappa shape index (κ2) is 6.75. The molecule has 0 unspecified atom stereocenters. The molecule has 1 fully saturated rings. The number of hydrogen-bond acceptors (Lipinski definition) is 3. The molecule has 84 valence electrons. The summed E-state index contributed by atoms with van der Waals surface area (Å²) in [5.41, 5.74) is 1.27. The quantitative estimate of drug-likeness (QED) is 0.683. The highest BCUT2D eigenvalue weighted by Gasteiger charge is 2.11. The second-order valence-electron chi connectivity index (χ2n) is 3.27. The largest absolute Gasteiger partial charge is 0.378 e. The van der Waals surface area contributed by atoms with E-state index in [0.29, 0.717) is 0 Å². The molecule has 1 aliphatic rings. The molecule has 1 saturated heterocycles. The average Bonchev–Trinajstić information content (AvgIpc) is 2.32. The van der Waals surface area contributed by atoms with E-state index in [2.05, 4.69) is 36.8 Å². The molecule has 1 rings (SSSR count). The first-order valence-electron chi connectivity index (χ1n) is 5.19. The summed E-state index contributed by atoms with van der Waals surface area (Å²) in [4.78, 5) is 3.55. The minimum absolute atomic E-state index is 0.827. The van der Waals surface area contributed by atoms with Gasteiger partial charge in [-0.25, -0.2) is 0 Å². The molecule has 0 saturated carbocycles. The van der Waals surface area contributed by atoms with E-state index in [9.17, 15) is 0 Å². The molecule has 0 amide bonds. The van der Waals surface area contributed by atoms with Gasteiger partial charge in [0.15, 0.2) is 0 Å². The zero-order valence-corrected chi connectivity index (χ0v) is 10.3. The molecular formula is C12H19NOS. The van der Waals surface area contributed by atoms with Crippen LogP contribution in [0, 0.1) is 0 Å². The molecule has 0 N–H and O–H groups in total. The first-order valence-corrected chi connectivity index (χ1v) is 6.41. The summed E-state index contributed by atoms with van der Waals surface area (Å²) in [5, 5.41) is 0. The summed E-state index contributed by atoms with van der Waals surface area (Å²) in [6, 6.07) is 0. The Morgan fingerprint density at radius 1 is 1.40 bits per heavy atom. The molecular weight excluding hydrogens is 206 g/mol. The lowest BCUT2D eigenvalue weighted by Crippen LogP contribution is -2.35. The zero-order chi connectivity index (χ0) is 11.1. The van der Waals surface area contributed by atoms with Gasteiger partial charge in [0.05, 0.1) is 13.2 Å². The van der Waals surface area contributed by atoms with Crippen LogP contribution in [-0.4, -0.2) is 37.5 Å². The number of hydrogen-bond donors (Lipinski definition) is 0. The number of nitrogens with zero attached hydrogens (tertiary/aromatic N) is 1. The molecule has 0 aromatic heterocycles. The van der Waals surface area contributed by atoms with Crippen molar-refractivity contribution in [1.29, 1.82) is 0 Å². The summed E-state index contributed by atoms with van der Waals surface area (Å²) < 4.78 is 5.34. The van der Waals surface area contributed by atoms with E-state index in [1.807, 2.05) is 6.08 Å². The third-order valence-corrected chi connectivity index (χ3v) is 3.15. The average molecular weight is 225 g/mol. The van der Waals surface area contributed by atoms with Gasteiger partial charge in [0.25, 0.3) is 0 Å². The lowest BCUT2D eigenvalue weighted by molar-refractivity contribution is 0.0553. The lowest BCUT2D eigenvalue weighted by atomic mass is 10.3. The van der Waals surface area contributed by atoms with Gasteiger partial charge in [-0.05, 0) is 19.3 Å². The Bertz CT molecular complexity index is 265. The fraction of sp³-hybridized carbons (Fsp3) is 0.500. The van der Waals surface area contributed by atoms with Gasteiger partial charge in [0, 0.05) is 23.7 Å². The Kier molecular flexibility index (Phi) is 5.58. The number of thioether (sulfide) groups is 1. The summed E-state index contributed by atoms with van der Waals surface area (Å²) in [5.74, 6) is 0. The fourth-order valence-corrected chi connectivity index (χ4v) is 1.93. The predicted molar refractivity (Wildman–Crippen MR) is 67.9 cm³/mol. The highest BCUT2D eigenvalue weighted by atomic mass is 32.2. The van der Waals surface area contributed by atoms with Crippen LogP contribution in [0.2, 0.25) is 0 Å². The van der Waals surface area contributed by atoms with E-state index in [-0.39, 0.29) is 0 Å². The predicted octanol–water partition coefficient (Wildman–Crippen LogP) is 2.66. The minimum Gasteiger partial charge on any atom is -0.378 e. The molecule has 1 heterocycles. The minimum atomic E-state index is 0.827. The molecule has 0 aliphatic carbocycles. The number of morpholine rings is 1. The maximum Gasteiger partial charge on any atom is 0.0642 e. The van der Waals surface area contributed by atoms with Gasteiger partial charge < -0.3 is 9.64 Å². The van der Waals surface area contributed by atoms with E-state index < -0.39 is 0 Å². The van der Waals surface area contributed by atoms with Gasteiger partial charge >= 0.3 is 0 Å². The van der Waals surface area contributed by atoms with Crippen LogP contribution in [-0.2, 0) is 4.74 Å². The Morgan fingerprint density at radius 2 is 2.07 bits per heavy atom. The molecule has 0 spiro atoms. The van der Waals surface area contributed by atoms with Gasteiger partial charge in [-0.15, -0.1) is 11.8 Å². The van der Waals surface area contributed by atoms with Crippen LogP contribution in [0.5, 0.6) is 0 Å². The molecule has 0 aromatic carbocycles. The highest BCUT2D eigenvalue weighted by Crippen LogP contribution is 2.18. The van der Waals surface area contributed by atoms with Crippen LogP contribution < -0.4 is 0 Å². The van der Waals surface area contributed by atoms with Crippen molar-refractivity contribution in [2.45, 2.75) is 6.92 Å². The van der Waals surface area contributed by atoms with E-state index in [0.717, 1.165) is 26.3 Å². The lowest BCUT2D eigenvalue weighted by Gasteiger charge is -2.29. The van der Waals surface area contributed by atoms with Crippen molar-refractivity contribution in [2.24, 2.45) is 0 Å². The Hall–Kier alpha value is -0.670. The van der Waals surface area contributed by atoms with Crippen molar-refractivity contribution in [3.8, 4) is 0 Å². The van der Waals surface area contributed by atoms with Crippen LogP contribution in [0.15, 0.2) is 35.4 Å². The maximum atomic E-state index is 5.34. The Morgan fingerprint density at radius 3 is 2.53 bits per heavy atom. The van der Waals surface area contributed by atoms with E-state index in [1.54, 1.807) is 11.8 Å². The molecule has 15 heavy (non-hydrogen) atoms. The van der Waals surface area contributed by atoms with Crippen molar-refractivity contribution in [1.82, 2.24) is 4.90 Å². The van der Waals surface area contributed by atoms with E-state index in [4.69, 9.17) is 4.74 Å². The SMILES string of the molecule is C=C/C(=C\C(=C/C)N1CCOCC1)SC. The topological polar surface area (TPSA) is 12.5 Å². The monoisotopic (exact) mass is 225 g/mol. The van der Waals surface area contributed by atoms with Gasteiger partial charge in [-0.3, -0.25) is 0 Å². The zero-order valence-electron chi connectivity index (χ0n) is 9.53. The van der Waals surface area contributed by atoms with Gasteiger partial charge in [0.1, 0.15) is 0 Å². The van der Waals surface area contributed by atoms with Crippen LogP contribution in [0.1, 0.15) is 6.92 Å². The third kappa shape index (κ3) is 3.76. The van der Waals surface area contributed by atoms with Crippen LogP contribution in [0.4, 0.5) is 0 Å². The normalized spacial score (nSPS) is 19.2. The van der Waals surface area contributed by atoms with Crippen molar-refractivity contribution in [2.75, 3.05) is 32.6 Å². The highest BCUT2D eigenvalue weighted by molar-refractivity contribution is 8.02. The van der Waals surface area contributed by atoms with Crippen molar-refractivity contribution in [3.05, 3.63) is 35.4 Å². The molecule has 2 nitrogen and oxygen atoms in total. The number of ether oxygens (including phenoxy) is 1. The van der Waals surface area contributed by atoms with Gasteiger partial charge in [-0.2, -0.15) is 0 Å². The fourth-order valence-electron chi connectivity index (χ4n) is 1.53. The molecule has 1 aliphatic heterocycles. The van der Waals surface area contributed by atoms with Crippen LogP contribution in [0.3, 0.4) is 0 Å². The van der Waals surface area contributed by atoms with Gasteiger partial charge in [0.2, 0.25) is 0 Å². The summed E-state index contributed by atoms with van der Waals surface area (Å²) >= 11 is 1.72. The van der Waals surface area contributed by atoms with Crippen LogP contribution >= 0.6 is 11.8 Å². The van der Waals surface area contributed by atoms with Crippen molar-refractivity contribution < 1.29 is 4.74 Å². The van der Waals surface area contributed by atoms with E-state index in [1.165, 1.54) is 10.6 Å². The first kappa shape index (κ1) is 12.4. The van der Waals surface area contributed by atoms with Crippen molar-refractivity contribution >= 4 is 11.8 Å². The summed E-state index contributed by atoms with van der Waals surface area (Å²) in [6.45, 7) is 9.49. The van der Waals surface area contributed by atoms with E-state index >= 15 is 0 Å². The molecule has 3 heteroatoms. The number of allylic oxidation sites excluding steroid dienone is 3. The summed E-state index contributed by atoms with van der Waals surface area (Å²) in [6.07, 6.45) is 8.29. The Labute approximate surface area is 96.7 Å². The third-order valence-electron chi connectivity index (χ3n) is 2.40. The smallest absolute Gasteiger partial charge is 0.0642 e. The molecule has 0 aromatic rings. The second-order valence-corrected chi connectivity index (χ2v) is 4.15. The first-order chi connectivity index (χ1) is 7.31.